The van der Waals surface area contributed by atoms with Crippen molar-refractivity contribution in [3.63, 3.8) is 0 Å². The Balaban J connectivity index is 1.68. The van der Waals surface area contributed by atoms with Gasteiger partial charge in [0.15, 0.2) is 11.5 Å². The zero-order valence-electron chi connectivity index (χ0n) is 11.9. The van der Waals surface area contributed by atoms with Crippen molar-refractivity contribution in [1.82, 2.24) is 0 Å². The number of fused-ring (bicyclic) bond motifs is 1. The van der Waals surface area contributed by atoms with E-state index >= 15 is 0 Å². The fourth-order valence-corrected chi connectivity index (χ4v) is 4.05. The zero-order valence-corrected chi connectivity index (χ0v) is 12.7. The normalized spacial score (nSPS) is 24.6. The highest BCUT2D eigenvalue weighted by molar-refractivity contribution is 7.99. The second-order valence-electron chi connectivity index (χ2n) is 5.31. The molecule has 1 aromatic rings. The van der Waals surface area contributed by atoms with Gasteiger partial charge in [-0.25, -0.2) is 0 Å². The third-order valence-electron chi connectivity index (χ3n) is 3.86. The lowest BCUT2D eigenvalue weighted by Crippen LogP contribution is -2.19. The summed E-state index contributed by atoms with van der Waals surface area (Å²) in [5.74, 6) is 2.75. The lowest BCUT2D eigenvalue weighted by atomic mass is 10.2. The van der Waals surface area contributed by atoms with Gasteiger partial charge >= 0.3 is 0 Å². The van der Waals surface area contributed by atoms with E-state index in [1.165, 1.54) is 25.0 Å². The van der Waals surface area contributed by atoms with Crippen molar-refractivity contribution >= 4 is 23.1 Å². The first-order valence-corrected chi connectivity index (χ1v) is 8.38. The van der Waals surface area contributed by atoms with Crippen LogP contribution in [0.2, 0.25) is 0 Å². The maximum atomic E-state index is 6.11. The van der Waals surface area contributed by atoms with Crippen molar-refractivity contribution in [3.05, 3.63) is 12.1 Å². The van der Waals surface area contributed by atoms with Gasteiger partial charge in [-0.3, -0.25) is 0 Å². The van der Waals surface area contributed by atoms with Crippen LogP contribution in [0.3, 0.4) is 0 Å². The summed E-state index contributed by atoms with van der Waals surface area (Å²) in [6.07, 6.45) is 3.72. The molecule has 0 amide bonds. The number of nitrogens with two attached hydrogens (primary N) is 1. The van der Waals surface area contributed by atoms with E-state index in [-0.39, 0.29) is 0 Å². The predicted molar refractivity (Wildman–Crippen MR) is 85.0 cm³/mol. The Labute approximate surface area is 124 Å². The van der Waals surface area contributed by atoms with Crippen LogP contribution < -0.4 is 20.5 Å². The number of benzene rings is 1. The van der Waals surface area contributed by atoms with Crippen LogP contribution in [-0.2, 0) is 0 Å². The van der Waals surface area contributed by atoms with Gasteiger partial charge in [-0.15, -0.1) is 0 Å². The molecule has 110 valence electrons. The van der Waals surface area contributed by atoms with E-state index in [2.05, 4.69) is 24.0 Å². The molecule has 1 aliphatic carbocycles. The SMILES string of the molecule is CCSC1CCC(Nc2cc3c(cc2N)OCCO3)C1. The monoisotopic (exact) mass is 294 g/mol. The van der Waals surface area contributed by atoms with Gasteiger partial charge in [-0.2, -0.15) is 11.8 Å². The Bertz CT molecular complexity index is 481. The van der Waals surface area contributed by atoms with Gasteiger partial charge in [-0.05, 0) is 25.0 Å². The summed E-state index contributed by atoms with van der Waals surface area (Å²) < 4.78 is 11.2. The molecule has 2 atom stereocenters. The molecule has 2 unspecified atom stereocenters. The first kappa shape index (κ1) is 13.7. The van der Waals surface area contributed by atoms with Gasteiger partial charge in [0.1, 0.15) is 13.2 Å². The first-order valence-electron chi connectivity index (χ1n) is 7.33. The van der Waals surface area contributed by atoms with E-state index in [1.807, 2.05) is 12.1 Å². The number of rotatable bonds is 4. The number of nitrogen functional groups attached to an aromatic ring is 1. The van der Waals surface area contributed by atoms with E-state index < -0.39 is 0 Å². The molecule has 0 aromatic heterocycles. The van der Waals surface area contributed by atoms with Crippen molar-refractivity contribution in [3.8, 4) is 11.5 Å². The molecule has 1 fully saturated rings. The molecule has 0 bridgehead atoms. The average molecular weight is 294 g/mol. The largest absolute Gasteiger partial charge is 0.486 e. The number of ether oxygens (including phenoxy) is 2. The Morgan fingerprint density at radius 3 is 2.75 bits per heavy atom. The van der Waals surface area contributed by atoms with Crippen LogP contribution in [0.25, 0.3) is 0 Å². The molecule has 1 heterocycles. The molecule has 0 saturated heterocycles. The van der Waals surface area contributed by atoms with Gasteiger partial charge in [0.25, 0.3) is 0 Å². The molecular weight excluding hydrogens is 272 g/mol. The first-order chi connectivity index (χ1) is 9.76. The molecule has 3 rings (SSSR count). The van der Waals surface area contributed by atoms with E-state index in [9.17, 15) is 0 Å². The Hall–Kier alpha value is -1.23. The van der Waals surface area contributed by atoms with E-state index in [0.717, 1.165) is 28.1 Å². The van der Waals surface area contributed by atoms with Crippen LogP contribution in [-0.4, -0.2) is 30.3 Å². The number of hydrogen-bond donors (Lipinski definition) is 2. The number of anilines is 2. The number of nitrogens with one attached hydrogen (secondary N) is 1. The van der Waals surface area contributed by atoms with Crippen LogP contribution >= 0.6 is 11.8 Å². The third-order valence-corrected chi connectivity index (χ3v) is 5.09. The smallest absolute Gasteiger partial charge is 0.163 e. The minimum absolute atomic E-state index is 0.518. The predicted octanol–water partition coefficient (Wildman–Crippen LogP) is 3.13. The molecule has 2 aliphatic rings. The van der Waals surface area contributed by atoms with Crippen molar-refractivity contribution < 1.29 is 9.47 Å². The van der Waals surface area contributed by atoms with Crippen molar-refractivity contribution in [2.24, 2.45) is 0 Å². The zero-order chi connectivity index (χ0) is 13.9. The summed E-state index contributed by atoms with van der Waals surface area (Å²) in [7, 11) is 0. The Kier molecular flexibility index (Phi) is 4.15. The summed E-state index contributed by atoms with van der Waals surface area (Å²) in [4.78, 5) is 0. The second-order valence-corrected chi connectivity index (χ2v) is 6.89. The molecule has 0 radical (unpaired) electrons. The van der Waals surface area contributed by atoms with Crippen LogP contribution in [0.1, 0.15) is 26.2 Å². The summed E-state index contributed by atoms with van der Waals surface area (Å²) in [5.41, 5.74) is 7.82. The van der Waals surface area contributed by atoms with Crippen molar-refractivity contribution in [2.75, 3.05) is 30.0 Å². The number of hydrogen-bond acceptors (Lipinski definition) is 5. The Morgan fingerprint density at radius 2 is 2.00 bits per heavy atom. The lowest BCUT2D eigenvalue weighted by Gasteiger charge is -2.22. The van der Waals surface area contributed by atoms with Crippen molar-refractivity contribution in [1.29, 1.82) is 0 Å². The van der Waals surface area contributed by atoms with E-state index in [4.69, 9.17) is 15.2 Å². The van der Waals surface area contributed by atoms with Gasteiger partial charge in [0, 0.05) is 23.4 Å². The molecule has 1 aromatic carbocycles. The molecule has 1 aliphatic heterocycles. The fraction of sp³-hybridized carbons (Fsp3) is 0.600. The minimum Gasteiger partial charge on any atom is -0.486 e. The maximum absolute atomic E-state index is 6.11. The van der Waals surface area contributed by atoms with Gasteiger partial charge in [0.2, 0.25) is 0 Å². The van der Waals surface area contributed by atoms with Gasteiger partial charge in [-0.1, -0.05) is 6.92 Å². The molecule has 20 heavy (non-hydrogen) atoms. The fourth-order valence-electron chi connectivity index (χ4n) is 2.91. The molecular formula is C15H22N2O2S. The lowest BCUT2D eigenvalue weighted by molar-refractivity contribution is 0.172. The average Bonchev–Trinajstić information content (AvgIpc) is 2.87. The molecule has 3 N–H and O–H groups in total. The highest BCUT2D eigenvalue weighted by atomic mass is 32.2. The standard InChI is InChI=1S/C15H22N2O2S/c1-2-20-11-4-3-10(7-11)17-13-9-15-14(8-12(13)16)18-5-6-19-15/h8-11,17H,2-7,16H2,1H3. The maximum Gasteiger partial charge on any atom is 0.163 e. The summed E-state index contributed by atoms with van der Waals surface area (Å²) in [6, 6.07) is 4.36. The van der Waals surface area contributed by atoms with Crippen LogP contribution in [0.4, 0.5) is 11.4 Å². The minimum atomic E-state index is 0.518. The topological polar surface area (TPSA) is 56.5 Å². The number of thioether (sulfide) groups is 1. The summed E-state index contributed by atoms with van der Waals surface area (Å²) >= 11 is 2.06. The second kappa shape index (κ2) is 6.04. The molecule has 5 heteroatoms. The quantitative estimate of drug-likeness (QED) is 0.836. The van der Waals surface area contributed by atoms with Gasteiger partial charge < -0.3 is 20.5 Å². The highest BCUT2D eigenvalue weighted by Crippen LogP contribution is 2.39. The summed E-state index contributed by atoms with van der Waals surface area (Å²) in [6.45, 7) is 3.43. The van der Waals surface area contributed by atoms with E-state index in [1.54, 1.807) is 0 Å². The highest BCUT2D eigenvalue weighted by Gasteiger charge is 2.25. The molecule has 1 saturated carbocycles. The van der Waals surface area contributed by atoms with Gasteiger partial charge in [0.05, 0.1) is 11.4 Å². The van der Waals surface area contributed by atoms with E-state index in [0.29, 0.717) is 19.3 Å². The molecule has 4 nitrogen and oxygen atoms in total. The Morgan fingerprint density at radius 1 is 1.25 bits per heavy atom. The molecule has 0 spiro atoms. The third kappa shape index (κ3) is 2.92. The van der Waals surface area contributed by atoms with Crippen LogP contribution in [0.5, 0.6) is 11.5 Å². The summed E-state index contributed by atoms with van der Waals surface area (Å²) in [5, 5.41) is 4.36. The van der Waals surface area contributed by atoms with Crippen LogP contribution in [0, 0.1) is 0 Å². The van der Waals surface area contributed by atoms with Crippen molar-refractivity contribution in [2.45, 2.75) is 37.5 Å². The van der Waals surface area contributed by atoms with Crippen LogP contribution in [0.15, 0.2) is 12.1 Å².